The lowest BCUT2D eigenvalue weighted by Crippen LogP contribution is -2.08. The molecule has 0 amide bonds. The topological polar surface area (TPSA) is 49.8 Å². The van der Waals surface area contributed by atoms with Gasteiger partial charge in [0.2, 0.25) is 0 Å². The van der Waals surface area contributed by atoms with E-state index in [0.29, 0.717) is 0 Å². The quantitative estimate of drug-likeness (QED) is 0.574. The van der Waals surface area contributed by atoms with Crippen LogP contribution < -0.4 is 5.73 Å². The highest BCUT2D eigenvalue weighted by Gasteiger charge is 2.32. The third kappa shape index (κ3) is 2.74. The molecule has 0 aliphatic heterocycles. The van der Waals surface area contributed by atoms with Crippen molar-refractivity contribution in [1.29, 1.82) is 5.26 Å². The Hall–Kier alpha value is -1.96. The Labute approximate surface area is 84.4 Å². The van der Waals surface area contributed by atoms with Crippen LogP contribution in [0.25, 0.3) is 6.08 Å². The zero-order valence-corrected chi connectivity index (χ0v) is 7.55. The highest BCUT2D eigenvalue weighted by molar-refractivity contribution is 5.59. The average molecular weight is 212 g/mol. The monoisotopic (exact) mass is 212 g/mol. The number of halogens is 3. The molecule has 1 aromatic rings. The predicted molar refractivity (Wildman–Crippen MR) is 50.5 cm³/mol. The Morgan fingerprint density at radius 3 is 2.53 bits per heavy atom. The maximum atomic E-state index is 12.4. The van der Waals surface area contributed by atoms with Crippen molar-refractivity contribution in [2.75, 3.05) is 5.73 Å². The fourth-order valence-electron chi connectivity index (χ4n) is 1.06. The first-order chi connectivity index (χ1) is 6.95. The minimum absolute atomic E-state index is 0.290. The minimum Gasteiger partial charge on any atom is -0.398 e. The summed E-state index contributed by atoms with van der Waals surface area (Å²) in [4.78, 5) is 0. The van der Waals surface area contributed by atoms with Gasteiger partial charge in [-0.1, -0.05) is 6.07 Å². The minimum atomic E-state index is -4.47. The third-order valence-corrected chi connectivity index (χ3v) is 1.73. The number of hydrogen-bond donors (Lipinski definition) is 1. The zero-order valence-electron chi connectivity index (χ0n) is 7.55. The van der Waals surface area contributed by atoms with Gasteiger partial charge in [0.05, 0.1) is 11.6 Å². The number of anilines is 1. The molecule has 2 N–H and O–H groups in total. The molecule has 2 nitrogen and oxygen atoms in total. The van der Waals surface area contributed by atoms with Crippen LogP contribution >= 0.6 is 0 Å². The van der Waals surface area contributed by atoms with E-state index in [2.05, 4.69) is 0 Å². The Bertz CT molecular complexity index is 427. The largest absolute Gasteiger partial charge is 0.418 e. The van der Waals surface area contributed by atoms with Crippen molar-refractivity contribution in [3.8, 4) is 6.07 Å². The van der Waals surface area contributed by atoms with Crippen LogP contribution in [0.3, 0.4) is 0 Å². The number of nitrogens with zero attached hydrogens (tertiary/aromatic N) is 1. The number of nitrogens with two attached hydrogens (primary N) is 1. The van der Waals surface area contributed by atoms with Crippen molar-refractivity contribution >= 4 is 11.8 Å². The molecular formula is C10H7F3N2. The van der Waals surface area contributed by atoms with Crippen LogP contribution in [0.4, 0.5) is 18.9 Å². The lowest BCUT2D eigenvalue weighted by Gasteiger charge is -2.10. The van der Waals surface area contributed by atoms with Crippen LogP contribution in [-0.4, -0.2) is 0 Å². The van der Waals surface area contributed by atoms with Crippen LogP contribution in [-0.2, 0) is 6.18 Å². The highest BCUT2D eigenvalue weighted by Crippen LogP contribution is 2.34. The summed E-state index contributed by atoms with van der Waals surface area (Å²) in [5.74, 6) is 0. The highest BCUT2D eigenvalue weighted by atomic mass is 19.4. The number of alkyl halides is 3. The number of rotatable bonds is 1. The van der Waals surface area contributed by atoms with Crippen molar-refractivity contribution in [1.82, 2.24) is 0 Å². The molecule has 0 saturated heterocycles. The van der Waals surface area contributed by atoms with Gasteiger partial charge in [-0.3, -0.25) is 0 Å². The Balaban J connectivity index is 3.18. The van der Waals surface area contributed by atoms with Crippen LogP contribution in [0, 0.1) is 11.3 Å². The van der Waals surface area contributed by atoms with Crippen molar-refractivity contribution in [2.45, 2.75) is 6.18 Å². The first-order valence-corrected chi connectivity index (χ1v) is 3.98. The number of benzene rings is 1. The SMILES string of the molecule is N#CC=Cc1ccc(N)c(C(F)(F)F)c1. The van der Waals surface area contributed by atoms with Gasteiger partial charge in [-0.15, -0.1) is 0 Å². The smallest absolute Gasteiger partial charge is 0.398 e. The van der Waals surface area contributed by atoms with E-state index in [9.17, 15) is 13.2 Å². The Morgan fingerprint density at radius 1 is 1.33 bits per heavy atom. The molecule has 0 aliphatic carbocycles. The Kier molecular flexibility index (Phi) is 3.00. The molecule has 0 spiro atoms. The van der Waals surface area contributed by atoms with E-state index in [1.54, 1.807) is 6.07 Å². The lowest BCUT2D eigenvalue weighted by molar-refractivity contribution is -0.136. The van der Waals surface area contributed by atoms with Crippen LogP contribution in [0.2, 0.25) is 0 Å². The van der Waals surface area contributed by atoms with Gasteiger partial charge in [-0.2, -0.15) is 18.4 Å². The van der Waals surface area contributed by atoms with Gasteiger partial charge in [-0.05, 0) is 23.8 Å². The molecule has 0 heterocycles. The number of allylic oxidation sites excluding steroid dienone is 1. The standard InChI is InChI=1S/C10H7F3N2/c11-10(12,13)8-6-7(2-1-5-14)3-4-9(8)15/h1-4,6H,15H2. The van der Waals surface area contributed by atoms with Crippen molar-refractivity contribution in [3.05, 3.63) is 35.4 Å². The molecule has 0 aliphatic rings. The van der Waals surface area contributed by atoms with Crippen LogP contribution in [0.5, 0.6) is 0 Å². The molecule has 0 aromatic heterocycles. The van der Waals surface area contributed by atoms with Crippen molar-refractivity contribution in [3.63, 3.8) is 0 Å². The van der Waals surface area contributed by atoms with E-state index in [0.717, 1.165) is 12.1 Å². The van der Waals surface area contributed by atoms with Gasteiger partial charge >= 0.3 is 6.18 Å². The van der Waals surface area contributed by atoms with E-state index in [1.165, 1.54) is 18.2 Å². The molecule has 0 saturated carbocycles. The molecule has 1 aromatic carbocycles. The van der Waals surface area contributed by atoms with Crippen molar-refractivity contribution < 1.29 is 13.2 Å². The van der Waals surface area contributed by atoms with E-state index in [-0.39, 0.29) is 11.3 Å². The van der Waals surface area contributed by atoms with E-state index >= 15 is 0 Å². The van der Waals surface area contributed by atoms with E-state index in [4.69, 9.17) is 11.0 Å². The molecule has 0 unspecified atom stereocenters. The Morgan fingerprint density at radius 2 is 2.00 bits per heavy atom. The molecule has 0 radical (unpaired) electrons. The molecular weight excluding hydrogens is 205 g/mol. The van der Waals surface area contributed by atoms with Gasteiger partial charge in [0.15, 0.2) is 0 Å². The van der Waals surface area contributed by atoms with Gasteiger partial charge in [-0.25, -0.2) is 0 Å². The maximum Gasteiger partial charge on any atom is 0.418 e. The summed E-state index contributed by atoms with van der Waals surface area (Å²) >= 11 is 0. The fraction of sp³-hybridized carbons (Fsp3) is 0.100. The second-order valence-electron chi connectivity index (χ2n) is 2.81. The summed E-state index contributed by atoms with van der Waals surface area (Å²) in [7, 11) is 0. The van der Waals surface area contributed by atoms with Gasteiger partial charge in [0, 0.05) is 11.8 Å². The van der Waals surface area contributed by atoms with E-state index in [1.807, 2.05) is 0 Å². The molecule has 5 heteroatoms. The van der Waals surface area contributed by atoms with Crippen LogP contribution in [0.1, 0.15) is 11.1 Å². The molecule has 0 fully saturated rings. The van der Waals surface area contributed by atoms with E-state index < -0.39 is 11.7 Å². The molecule has 0 bridgehead atoms. The summed E-state index contributed by atoms with van der Waals surface area (Å²) < 4.78 is 37.1. The normalized spacial score (nSPS) is 11.6. The summed E-state index contributed by atoms with van der Waals surface area (Å²) in [5, 5.41) is 8.23. The lowest BCUT2D eigenvalue weighted by atomic mass is 10.1. The molecule has 78 valence electrons. The summed E-state index contributed by atoms with van der Waals surface area (Å²) in [6.45, 7) is 0. The van der Waals surface area contributed by atoms with Gasteiger partial charge in [0.25, 0.3) is 0 Å². The third-order valence-electron chi connectivity index (χ3n) is 1.73. The number of nitrogen functional groups attached to an aromatic ring is 1. The average Bonchev–Trinajstić information content (AvgIpc) is 2.15. The first kappa shape index (κ1) is 11.1. The van der Waals surface area contributed by atoms with Gasteiger partial charge < -0.3 is 5.73 Å². The molecule has 1 rings (SSSR count). The summed E-state index contributed by atoms with van der Waals surface area (Å²) in [6, 6.07) is 5.18. The maximum absolute atomic E-state index is 12.4. The predicted octanol–water partition coefficient (Wildman–Crippen LogP) is 2.82. The number of hydrogen-bond acceptors (Lipinski definition) is 2. The van der Waals surface area contributed by atoms with Crippen LogP contribution in [0.15, 0.2) is 24.3 Å². The number of nitriles is 1. The van der Waals surface area contributed by atoms with Crippen molar-refractivity contribution in [2.24, 2.45) is 0 Å². The summed E-state index contributed by atoms with van der Waals surface area (Å²) in [6.07, 6.45) is -2.08. The second-order valence-corrected chi connectivity index (χ2v) is 2.81. The zero-order chi connectivity index (χ0) is 11.5. The van der Waals surface area contributed by atoms with Gasteiger partial charge in [0.1, 0.15) is 0 Å². The fourth-order valence-corrected chi connectivity index (χ4v) is 1.06. The summed E-state index contributed by atoms with van der Waals surface area (Å²) in [5.41, 5.74) is 4.28. The second kappa shape index (κ2) is 4.05. The molecule has 15 heavy (non-hydrogen) atoms. The first-order valence-electron chi connectivity index (χ1n) is 3.98. The molecule has 0 atom stereocenters.